The van der Waals surface area contributed by atoms with E-state index in [0.29, 0.717) is 18.7 Å². The number of amides is 1. The normalized spacial score (nSPS) is 19.8. The molecule has 0 aromatic carbocycles. The molecule has 6 nitrogen and oxygen atoms in total. The second-order valence-electron chi connectivity index (χ2n) is 6.27. The van der Waals surface area contributed by atoms with Gasteiger partial charge in [-0.1, -0.05) is 13.0 Å². The molecular weight excluding hydrogens is 304 g/mol. The largest absolute Gasteiger partial charge is 0.369 e. The molecule has 24 heavy (non-hydrogen) atoms. The summed E-state index contributed by atoms with van der Waals surface area (Å²) in [5, 5.41) is 7.40. The van der Waals surface area contributed by atoms with E-state index in [0.717, 1.165) is 28.9 Å². The van der Waals surface area contributed by atoms with E-state index in [1.54, 1.807) is 10.9 Å². The van der Waals surface area contributed by atoms with Crippen LogP contribution >= 0.6 is 0 Å². The number of fused-ring (bicyclic) bond motifs is 1. The van der Waals surface area contributed by atoms with E-state index in [1.165, 1.54) is 0 Å². The van der Waals surface area contributed by atoms with Gasteiger partial charge in [-0.15, -0.1) is 0 Å². The van der Waals surface area contributed by atoms with Crippen LogP contribution in [0.3, 0.4) is 0 Å². The fourth-order valence-electron chi connectivity index (χ4n) is 3.42. The Morgan fingerprint density at radius 1 is 1.46 bits per heavy atom. The molecule has 0 radical (unpaired) electrons. The molecule has 6 heteroatoms. The van der Waals surface area contributed by atoms with Gasteiger partial charge in [-0.25, -0.2) is 0 Å². The van der Waals surface area contributed by atoms with Gasteiger partial charge in [0.25, 0.3) is 5.91 Å². The Hall–Kier alpha value is -2.21. The minimum absolute atomic E-state index is 0.0507. The number of pyridine rings is 1. The lowest BCUT2D eigenvalue weighted by Gasteiger charge is -2.26. The third-order valence-electron chi connectivity index (χ3n) is 4.50. The highest BCUT2D eigenvalue weighted by molar-refractivity contribution is 5.94. The van der Waals surface area contributed by atoms with Gasteiger partial charge in [-0.2, -0.15) is 5.10 Å². The van der Waals surface area contributed by atoms with Crippen LogP contribution in [0, 0.1) is 0 Å². The molecule has 0 spiro atoms. The van der Waals surface area contributed by atoms with Gasteiger partial charge in [0.15, 0.2) is 5.69 Å². The summed E-state index contributed by atoms with van der Waals surface area (Å²) in [5.74, 6) is -0.152. The first-order chi connectivity index (χ1) is 11.5. The van der Waals surface area contributed by atoms with Crippen LogP contribution in [0.15, 0.2) is 18.3 Å². The van der Waals surface area contributed by atoms with Crippen LogP contribution in [0.2, 0.25) is 0 Å². The molecule has 0 aliphatic carbocycles. The standard InChI is InChI=1S/C18H24N4O2/c1-5-13-7-6-8-19-15(13)10-20-18(23)16-14-9-11(2)24-12(3)17(14)22(4)21-16/h6-8,11-12H,5,9-10H2,1-4H3,(H,20,23)/t11-,12+/m0/s1. The van der Waals surface area contributed by atoms with Crippen LogP contribution in [0.1, 0.15) is 59.9 Å². The molecule has 0 saturated carbocycles. The van der Waals surface area contributed by atoms with Gasteiger partial charge in [0.1, 0.15) is 0 Å². The molecule has 128 valence electrons. The van der Waals surface area contributed by atoms with E-state index in [1.807, 2.05) is 33.0 Å². The summed E-state index contributed by atoms with van der Waals surface area (Å²) in [6.07, 6.45) is 3.39. The zero-order chi connectivity index (χ0) is 17.3. The molecule has 2 aromatic heterocycles. The highest BCUT2D eigenvalue weighted by Crippen LogP contribution is 2.31. The predicted octanol–water partition coefficient (Wildman–Crippen LogP) is 2.33. The maximum absolute atomic E-state index is 12.7. The lowest BCUT2D eigenvalue weighted by molar-refractivity contribution is -0.00903. The van der Waals surface area contributed by atoms with Crippen molar-refractivity contribution in [1.82, 2.24) is 20.1 Å². The maximum atomic E-state index is 12.7. The van der Waals surface area contributed by atoms with Gasteiger partial charge in [0.05, 0.1) is 30.1 Å². The van der Waals surface area contributed by atoms with E-state index in [2.05, 4.69) is 22.3 Å². The number of aryl methyl sites for hydroxylation is 2. The monoisotopic (exact) mass is 328 g/mol. The number of hydrogen-bond acceptors (Lipinski definition) is 4. The SMILES string of the molecule is CCc1cccnc1CNC(=O)c1nn(C)c2c1C[C@H](C)O[C@@H]2C. The molecule has 0 unspecified atom stereocenters. The number of carbonyl (C=O) groups excluding carboxylic acids is 1. The molecule has 1 amide bonds. The van der Waals surface area contributed by atoms with E-state index < -0.39 is 0 Å². The van der Waals surface area contributed by atoms with Crippen LogP contribution in [0.5, 0.6) is 0 Å². The van der Waals surface area contributed by atoms with Crippen molar-refractivity contribution in [2.24, 2.45) is 7.05 Å². The second kappa shape index (κ2) is 6.73. The number of carbonyl (C=O) groups is 1. The molecule has 2 atom stereocenters. The molecular formula is C18H24N4O2. The van der Waals surface area contributed by atoms with E-state index in [-0.39, 0.29) is 18.1 Å². The summed E-state index contributed by atoms with van der Waals surface area (Å²) < 4.78 is 7.61. The van der Waals surface area contributed by atoms with Crippen molar-refractivity contribution in [2.45, 2.75) is 52.4 Å². The van der Waals surface area contributed by atoms with Gasteiger partial charge in [-0.3, -0.25) is 14.5 Å². The first-order valence-electron chi connectivity index (χ1n) is 8.43. The Kier molecular flexibility index (Phi) is 4.66. The molecule has 1 aliphatic rings. The fourth-order valence-corrected chi connectivity index (χ4v) is 3.42. The number of aromatic nitrogens is 3. The average Bonchev–Trinajstić information content (AvgIpc) is 2.89. The Balaban J connectivity index is 1.80. The van der Waals surface area contributed by atoms with Crippen molar-refractivity contribution in [3.63, 3.8) is 0 Å². The van der Waals surface area contributed by atoms with Crippen molar-refractivity contribution >= 4 is 5.91 Å². The molecule has 2 aromatic rings. The van der Waals surface area contributed by atoms with Gasteiger partial charge in [-0.05, 0) is 31.9 Å². The maximum Gasteiger partial charge on any atom is 0.272 e. The quantitative estimate of drug-likeness (QED) is 0.935. The minimum Gasteiger partial charge on any atom is -0.369 e. The Bertz CT molecular complexity index is 753. The zero-order valence-corrected chi connectivity index (χ0v) is 14.7. The topological polar surface area (TPSA) is 69.0 Å². The highest BCUT2D eigenvalue weighted by atomic mass is 16.5. The van der Waals surface area contributed by atoms with Gasteiger partial charge >= 0.3 is 0 Å². The number of rotatable bonds is 4. The number of nitrogens with zero attached hydrogens (tertiary/aromatic N) is 3. The smallest absolute Gasteiger partial charge is 0.272 e. The van der Waals surface area contributed by atoms with Crippen molar-refractivity contribution in [3.8, 4) is 0 Å². The highest BCUT2D eigenvalue weighted by Gasteiger charge is 2.31. The van der Waals surface area contributed by atoms with Crippen molar-refractivity contribution < 1.29 is 9.53 Å². The van der Waals surface area contributed by atoms with Crippen LogP contribution in [0.25, 0.3) is 0 Å². The van der Waals surface area contributed by atoms with Crippen molar-refractivity contribution in [2.75, 3.05) is 0 Å². The first kappa shape index (κ1) is 16.6. The molecule has 1 N–H and O–H groups in total. The average molecular weight is 328 g/mol. The third-order valence-corrected chi connectivity index (χ3v) is 4.50. The molecule has 3 rings (SSSR count). The van der Waals surface area contributed by atoms with Crippen molar-refractivity contribution in [1.29, 1.82) is 0 Å². The molecule has 0 fully saturated rings. The Morgan fingerprint density at radius 3 is 3.00 bits per heavy atom. The molecule has 3 heterocycles. The summed E-state index contributed by atoms with van der Waals surface area (Å²) in [4.78, 5) is 17.0. The lowest BCUT2D eigenvalue weighted by Crippen LogP contribution is -2.28. The van der Waals surface area contributed by atoms with Crippen LogP contribution < -0.4 is 5.32 Å². The van der Waals surface area contributed by atoms with E-state index >= 15 is 0 Å². The fraction of sp³-hybridized carbons (Fsp3) is 0.500. The third kappa shape index (κ3) is 3.06. The summed E-state index contributed by atoms with van der Waals surface area (Å²) in [5.41, 5.74) is 4.55. The minimum atomic E-state index is -0.152. The van der Waals surface area contributed by atoms with Crippen LogP contribution in [-0.4, -0.2) is 26.8 Å². The van der Waals surface area contributed by atoms with Crippen molar-refractivity contribution in [3.05, 3.63) is 46.5 Å². The lowest BCUT2D eigenvalue weighted by atomic mass is 9.99. The summed E-state index contributed by atoms with van der Waals surface area (Å²) >= 11 is 0. The molecule has 1 aliphatic heterocycles. The van der Waals surface area contributed by atoms with E-state index in [4.69, 9.17) is 4.74 Å². The molecule has 0 saturated heterocycles. The zero-order valence-electron chi connectivity index (χ0n) is 14.7. The molecule has 0 bridgehead atoms. The summed E-state index contributed by atoms with van der Waals surface area (Å²) in [6.45, 7) is 6.52. The second-order valence-corrected chi connectivity index (χ2v) is 6.27. The van der Waals surface area contributed by atoms with Gasteiger partial charge < -0.3 is 10.1 Å². The number of ether oxygens (including phenoxy) is 1. The summed E-state index contributed by atoms with van der Waals surface area (Å²) in [6, 6.07) is 3.96. The Labute approximate surface area is 142 Å². The first-order valence-corrected chi connectivity index (χ1v) is 8.43. The predicted molar refractivity (Wildman–Crippen MR) is 90.7 cm³/mol. The summed E-state index contributed by atoms with van der Waals surface area (Å²) in [7, 11) is 1.86. The van der Waals surface area contributed by atoms with Gasteiger partial charge in [0.2, 0.25) is 0 Å². The van der Waals surface area contributed by atoms with Crippen LogP contribution in [0.4, 0.5) is 0 Å². The number of hydrogen-bond donors (Lipinski definition) is 1. The number of nitrogens with one attached hydrogen (secondary N) is 1. The Morgan fingerprint density at radius 2 is 2.25 bits per heavy atom. The van der Waals surface area contributed by atoms with Gasteiger partial charge in [0, 0.05) is 25.2 Å². The van der Waals surface area contributed by atoms with E-state index in [9.17, 15) is 4.79 Å². The van der Waals surface area contributed by atoms with Crippen LogP contribution in [-0.2, 0) is 31.2 Å².